The molecule has 0 aromatic heterocycles. The van der Waals surface area contributed by atoms with Crippen molar-refractivity contribution >= 4 is 17.3 Å². The van der Waals surface area contributed by atoms with E-state index >= 15 is 0 Å². The Balaban J connectivity index is 2.33. The molecule has 0 radical (unpaired) electrons. The average molecular weight is 242 g/mol. The summed E-state index contributed by atoms with van der Waals surface area (Å²) in [7, 11) is 0. The van der Waals surface area contributed by atoms with E-state index < -0.39 is 0 Å². The summed E-state index contributed by atoms with van der Waals surface area (Å²) in [6.45, 7) is 11.1. The molecule has 0 heterocycles. The zero-order valence-corrected chi connectivity index (χ0v) is 11.9. The lowest BCUT2D eigenvalue weighted by atomic mass is 10.1. The lowest BCUT2D eigenvalue weighted by Crippen LogP contribution is -2.43. The summed E-state index contributed by atoms with van der Waals surface area (Å²) < 4.78 is 0. The molecular formula is C13H26N2S. The molecule has 0 amide bonds. The molecule has 1 aliphatic rings. The average Bonchev–Trinajstić information content (AvgIpc) is 2.98. The largest absolute Gasteiger partial charge is 0.362 e. The van der Waals surface area contributed by atoms with Gasteiger partial charge in [0.15, 0.2) is 5.11 Å². The fourth-order valence-corrected chi connectivity index (χ4v) is 1.95. The van der Waals surface area contributed by atoms with Crippen molar-refractivity contribution in [2.75, 3.05) is 13.1 Å². The molecule has 16 heavy (non-hydrogen) atoms. The first-order valence-electron chi connectivity index (χ1n) is 6.55. The fourth-order valence-electron chi connectivity index (χ4n) is 1.63. The van der Waals surface area contributed by atoms with Gasteiger partial charge in [0.05, 0.1) is 0 Å². The Morgan fingerprint density at radius 1 is 1.25 bits per heavy atom. The zero-order valence-electron chi connectivity index (χ0n) is 11.1. The first-order valence-corrected chi connectivity index (χ1v) is 6.96. The highest BCUT2D eigenvalue weighted by Crippen LogP contribution is 2.27. The summed E-state index contributed by atoms with van der Waals surface area (Å²) in [5.74, 6) is 1.42. The molecule has 1 saturated carbocycles. The van der Waals surface area contributed by atoms with Crippen LogP contribution in [0.2, 0.25) is 0 Å². The molecule has 0 spiro atoms. The second-order valence-corrected chi connectivity index (χ2v) is 6.07. The lowest BCUT2D eigenvalue weighted by Gasteiger charge is -2.27. The van der Waals surface area contributed by atoms with Crippen LogP contribution in [0.25, 0.3) is 0 Å². The van der Waals surface area contributed by atoms with Gasteiger partial charge in [-0.3, -0.25) is 0 Å². The van der Waals surface area contributed by atoms with Crippen LogP contribution in [0.15, 0.2) is 0 Å². The van der Waals surface area contributed by atoms with Gasteiger partial charge in [0, 0.05) is 19.1 Å². The molecule has 2 nitrogen and oxygen atoms in total. The molecular weight excluding hydrogens is 216 g/mol. The molecule has 0 aliphatic heterocycles. The Kier molecular flexibility index (Phi) is 5.53. The summed E-state index contributed by atoms with van der Waals surface area (Å²) in [5, 5.41) is 4.35. The first kappa shape index (κ1) is 13.8. The van der Waals surface area contributed by atoms with Crippen molar-refractivity contribution in [1.29, 1.82) is 0 Å². The molecule has 94 valence electrons. The van der Waals surface area contributed by atoms with E-state index in [0.29, 0.717) is 5.92 Å². The van der Waals surface area contributed by atoms with Gasteiger partial charge in [-0.15, -0.1) is 0 Å². The smallest absolute Gasteiger partial charge is 0.169 e. The Labute approximate surface area is 106 Å². The number of thiocarbonyl (C=S) groups is 1. The van der Waals surface area contributed by atoms with Crippen molar-refractivity contribution in [3.8, 4) is 0 Å². The minimum absolute atomic E-state index is 0.657. The van der Waals surface area contributed by atoms with E-state index in [-0.39, 0.29) is 0 Å². The van der Waals surface area contributed by atoms with Crippen LogP contribution in [-0.2, 0) is 0 Å². The quantitative estimate of drug-likeness (QED) is 0.721. The third kappa shape index (κ3) is 5.15. The molecule has 1 N–H and O–H groups in total. The van der Waals surface area contributed by atoms with Crippen LogP contribution >= 0.6 is 12.2 Å². The monoisotopic (exact) mass is 242 g/mol. The number of rotatable bonds is 6. The van der Waals surface area contributed by atoms with Crippen molar-refractivity contribution in [3.63, 3.8) is 0 Å². The van der Waals surface area contributed by atoms with Crippen molar-refractivity contribution in [3.05, 3.63) is 0 Å². The van der Waals surface area contributed by atoms with Gasteiger partial charge in [0.1, 0.15) is 0 Å². The highest BCUT2D eigenvalue weighted by molar-refractivity contribution is 7.80. The highest BCUT2D eigenvalue weighted by atomic mass is 32.1. The number of nitrogens with one attached hydrogen (secondary N) is 1. The van der Waals surface area contributed by atoms with Crippen LogP contribution < -0.4 is 5.32 Å². The minimum atomic E-state index is 0.657. The second kappa shape index (κ2) is 6.43. The van der Waals surface area contributed by atoms with Gasteiger partial charge in [-0.2, -0.15) is 0 Å². The Morgan fingerprint density at radius 3 is 2.31 bits per heavy atom. The fraction of sp³-hybridized carbons (Fsp3) is 0.923. The van der Waals surface area contributed by atoms with Crippen LogP contribution in [-0.4, -0.2) is 29.1 Å². The van der Waals surface area contributed by atoms with Crippen LogP contribution in [0.3, 0.4) is 0 Å². The maximum atomic E-state index is 5.48. The molecule has 3 heteroatoms. The van der Waals surface area contributed by atoms with E-state index in [2.05, 4.69) is 37.9 Å². The number of hydrogen-bond donors (Lipinski definition) is 1. The Hall–Kier alpha value is -0.310. The summed E-state index contributed by atoms with van der Waals surface area (Å²) in [6, 6.07) is 0.728. The standard InChI is InChI=1S/C13H26N2S/c1-10(2)7-8-15(12-5-6-12)13(16)14-9-11(3)4/h10-12H,5-9H2,1-4H3,(H,14,16). The van der Waals surface area contributed by atoms with Crippen molar-refractivity contribution < 1.29 is 0 Å². The normalized spacial score (nSPS) is 15.6. The van der Waals surface area contributed by atoms with E-state index in [0.717, 1.165) is 30.2 Å². The van der Waals surface area contributed by atoms with Gasteiger partial charge >= 0.3 is 0 Å². The Bertz CT molecular complexity index is 222. The van der Waals surface area contributed by atoms with E-state index in [1.165, 1.54) is 19.3 Å². The van der Waals surface area contributed by atoms with Gasteiger partial charge in [0.2, 0.25) is 0 Å². The topological polar surface area (TPSA) is 15.3 Å². The third-order valence-corrected chi connectivity index (χ3v) is 3.24. The predicted molar refractivity (Wildman–Crippen MR) is 74.6 cm³/mol. The van der Waals surface area contributed by atoms with Crippen LogP contribution in [0.4, 0.5) is 0 Å². The number of nitrogens with zero attached hydrogens (tertiary/aromatic N) is 1. The van der Waals surface area contributed by atoms with E-state index in [1.54, 1.807) is 0 Å². The summed E-state index contributed by atoms with van der Waals surface area (Å²) in [5.41, 5.74) is 0. The third-order valence-electron chi connectivity index (χ3n) is 2.86. The van der Waals surface area contributed by atoms with E-state index in [4.69, 9.17) is 12.2 Å². The SMILES string of the molecule is CC(C)CCN(C(=S)NCC(C)C)C1CC1. The molecule has 0 aromatic rings. The first-order chi connectivity index (χ1) is 7.50. The summed E-state index contributed by atoms with van der Waals surface area (Å²) in [6.07, 6.45) is 3.88. The molecule has 0 bridgehead atoms. The van der Waals surface area contributed by atoms with Gasteiger partial charge in [-0.1, -0.05) is 27.7 Å². The molecule has 1 fully saturated rings. The Morgan fingerprint density at radius 2 is 1.88 bits per heavy atom. The molecule has 0 atom stereocenters. The predicted octanol–water partition coefficient (Wildman–Crippen LogP) is 3.03. The summed E-state index contributed by atoms with van der Waals surface area (Å²) >= 11 is 5.48. The van der Waals surface area contributed by atoms with E-state index in [9.17, 15) is 0 Å². The van der Waals surface area contributed by atoms with Gasteiger partial charge in [-0.25, -0.2) is 0 Å². The maximum Gasteiger partial charge on any atom is 0.169 e. The molecule has 0 aromatic carbocycles. The zero-order chi connectivity index (χ0) is 12.1. The molecule has 0 saturated heterocycles. The van der Waals surface area contributed by atoms with Crippen molar-refractivity contribution in [2.24, 2.45) is 11.8 Å². The van der Waals surface area contributed by atoms with Crippen LogP contribution in [0, 0.1) is 11.8 Å². The molecule has 0 unspecified atom stereocenters. The maximum absolute atomic E-state index is 5.48. The molecule has 1 aliphatic carbocycles. The van der Waals surface area contributed by atoms with Crippen LogP contribution in [0.5, 0.6) is 0 Å². The van der Waals surface area contributed by atoms with Gasteiger partial charge < -0.3 is 10.2 Å². The summed E-state index contributed by atoms with van der Waals surface area (Å²) in [4.78, 5) is 2.40. The van der Waals surface area contributed by atoms with Gasteiger partial charge in [0.25, 0.3) is 0 Å². The lowest BCUT2D eigenvalue weighted by molar-refractivity contribution is 0.365. The second-order valence-electron chi connectivity index (χ2n) is 5.69. The van der Waals surface area contributed by atoms with Crippen molar-refractivity contribution in [1.82, 2.24) is 10.2 Å². The van der Waals surface area contributed by atoms with Crippen molar-refractivity contribution in [2.45, 2.75) is 53.0 Å². The van der Waals surface area contributed by atoms with E-state index in [1.807, 2.05) is 0 Å². The minimum Gasteiger partial charge on any atom is -0.362 e. The van der Waals surface area contributed by atoms with Gasteiger partial charge in [-0.05, 0) is 43.3 Å². The number of hydrogen-bond acceptors (Lipinski definition) is 1. The highest BCUT2D eigenvalue weighted by Gasteiger charge is 2.30. The van der Waals surface area contributed by atoms with Crippen LogP contribution in [0.1, 0.15) is 47.0 Å². The molecule has 1 rings (SSSR count).